The zero-order valence-electron chi connectivity index (χ0n) is 24.7. The fourth-order valence-corrected chi connectivity index (χ4v) is 5.30. The Balaban J connectivity index is 1.41. The van der Waals surface area contributed by atoms with Gasteiger partial charge in [-0.2, -0.15) is 13.2 Å². The molecule has 230 valence electrons. The molecule has 0 radical (unpaired) electrons. The van der Waals surface area contributed by atoms with Gasteiger partial charge in [0, 0.05) is 80.7 Å². The fourth-order valence-electron chi connectivity index (χ4n) is 5.30. The van der Waals surface area contributed by atoms with Crippen LogP contribution in [-0.4, -0.2) is 91.8 Å². The standard InChI is InChI=1S/C31H37F3N6O3/c1-4-43-30-28(40-9-11-42-12-10-40)16-23(18-36-30)27-15-24(19-35-21(27)2)29(41)37-26-14-22(13-25(17-26)31(32,33)34)20-39-7-5-38(3)6-8-39/h13-19H,4-12,20H2,1-3H3,(H,37,41). The van der Waals surface area contributed by atoms with Crippen LogP contribution in [0.3, 0.4) is 0 Å². The summed E-state index contributed by atoms with van der Waals surface area (Å²) in [5, 5.41) is 2.68. The SMILES string of the molecule is CCOc1ncc(-c2cc(C(=O)Nc3cc(CN4CCN(C)CC4)cc(C(F)(F)F)c3)cnc2C)cc1N1CCOCC1. The molecule has 0 unspecified atom stereocenters. The van der Waals surface area contributed by atoms with E-state index in [9.17, 15) is 18.0 Å². The molecule has 4 heterocycles. The van der Waals surface area contributed by atoms with Crippen molar-refractivity contribution in [2.75, 3.05) is 76.4 Å². The molecule has 2 saturated heterocycles. The van der Waals surface area contributed by atoms with Crippen molar-refractivity contribution in [2.24, 2.45) is 0 Å². The summed E-state index contributed by atoms with van der Waals surface area (Å²) in [6.07, 6.45) is -1.44. The number of pyridine rings is 2. The lowest BCUT2D eigenvalue weighted by Gasteiger charge is -2.32. The number of amides is 1. The Morgan fingerprint density at radius 2 is 1.74 bits per heavy atom. The number of halogens is 3. The summed E-state index contributed by atoms with van der Waals surface area (Å²) >= 11 is 0. The van der Waals surface area contributed by atoms with Gasteiger partial charge in [0.05, 0.1) is 30.9 Å². The molecule has 0 atom stereocenters. The molecule has 2 aliphatic heterocycles. The molecule has 3 aromatic rings. The van der Waals surface area contributed by atoms with Crippen LogP contribution in [0.2, 0.25) is 0 Å². The first-order valence-corrected chi connectivity index (χ1v) is 14.5. The number of nitrogens with one attached hydrogen (secondary N) is 1. The Bertz CT molecular complexity index is 1440. The number of morpholine rings is 1. The lowest BCUT2D eigenvalue weighted by Crippen LogP contribution is -2.43. The van der Waals surface area contributed by atoms with E-state index in [2.05, 4.69) is 30.0 Å². The topological polar surface area (TPSA) is 83.1 Å². The summed E-state index contributed by atoms with van der Waals surface area (Å²) in [5.41, 5.74) is 2.96. The maximum Gasteiger partial charge on any atom is 0.416 e. The Kier molecular flexibility index (Phi) is 9.48. The molecular formula is C31H37F3N6O3. The molecule has 0 aliphatic carbocycles. The number of likely N-dealkylation sites (N-methyl/N-ethyl adjacent to an activating group) is 1. The number of piperazine rings is 1. The lowest BCUT2D eigenvalue weighted by molar-refractivity contribution is -0.137. The second-order valence-corrected chi connectivity index (χ2v) is 10.9. The second kappa shape index (κ2) is 13.3. The van der Waals surface area contributed by atoms with Crippen LogP contribution >= 0.6 is 0 Å². The molecule has 2 aromatic heterocycles. The van der Waals surface area contributed by atoms with Crippen LogP contribution in [0.15, 0.2) is 42.7 Å². The molecule has 43 heavy (non-hydrogen) atoms. The number of anilines is 2. The first-order chi connectivity index (χ1) is 20.6. The molecule has 1 aromatic carbocycles. The Labute approximate surface area is 249 Å². The molecule has 2 fully saturated rings. The molecule has 9 nitrogen and oxygen atoms in total. The number of benzene rings is 1. The van der Waals surface area contributed by atoms with Gasteiger partial charge in [0.1, 0.15) is 5.69 Å². The van der Waals surface area contributed by atoms with Gasteiger partial charge in [0.2, 0.25) is 5.88 Å². The monoisotopic (exact) mass is 598 g/mol. The van der Waals surface area contributed by atoms with Crippen molar-refractivity contribution in [3.63, 3.8) is 0 Å². The highest BCUT2D eigenvalue weighted by Gasteiger charge is 2.32. The molecule has 12 heteroatoms. The first kappa shape index (κ1) is 30.7. The van der Waals surface area contributed by atoms with E-state index in [-0.39, 0.29) is 11.3 Å². The van der Waals surface area contributed by atoms with Crippen molar-refractivity contribution in [3.8, 4) is 17.0 Å². The fraction of sp³-hybridized carbons (Fsp3) is 0.452. The van der Waals surface area contributed by atoms with Gasteiger partial charge in [0.15, 0.2) is 0 Å². The van der Waals surface area contributed by atoms with Crippen molar-refractivity contribution in [1.82, 2.24) is 19.8 Å². The summed E-state index contributed by atoms with van der Waals surface area (Å²) in [5.74, 6) is -0.0319. The van der Waals surface area contributed by atoms with Gasteiger partial charge in [-0.15, -0.1) is 0 Å². The normalized spacial score (nSPS) is 16.7. The van der Waals surface area contributed by atoms with Crippen LogP contribution in [-0.2, 0) is 17.5 Å². The van der Waals surface area contributed by atoms with E-state index in [1.54, 1.807) is 18.3 Å². The largest absolute Gasteiger partial charge is 0.476 e. The minimum Gasteiger partial charge on any atom is -0.476 e. The second-order valence-electron chi connectivity index (χ2n) is 10.9. The van der Waals surface area contributed by atoms with Crippen molar-refractivity contribution >= 4 is 17.3 Å². The Morgan fingerprint density at radius 3 is 2.44 bits per heavy atom. The summed E-state index contributed by atoms with van der Waals surface area (Å²) < 4.78 is 52.7. The molecule has 2 aliphatic rings. The number of ether oxygens (including phenoxy) is 2. The number of carbonyl (C=O) groups excluding carboxylic acids is 1. The van der Waals surface area contributed by atoms with Crippen molar-refractivity contribution in [2.45, 2.75) is 26.6 Å². The maximum atomic E-state index is 13.8. The van der Waals surface area contributed by atoms with Gasteiger partial charge < -0.3 is 24.6 Å². The van der Waals surface area contributed by atoms with Crippen LogP contribution in [0.4, 0.5) is 24.5 Å². The van der Waals surface area contributed by atoms with Gasteiger partial charge in [0.25, 0.3) is 5.91 Å². The molecule has 0 spiro atoms. The third kappa shape index (κ3) is 7.62. The number of aromatic nitrogens is 2. The molecule has 5 rings (SSSR count). The highest BCUT2D eigenvalue weighted by atomic mass is 19.4. The quantitative estimate of drug-likeness (QED) is 0.400. The first-order valence-electron chi connectivity index (χ1n) is 14.5. The number of carbonyl (C=O) groups is 1. The molecule has 0 bridgehead atoms. The van der Waals surface area contributed by atoms with Gasteiger partial charge in [-0.25, -0.2) is 4.98 Å². The summed E-state index contributed by atoms with van der Waals surface area (Å²) in [7, 11) is 2.02. The van der Waals surface area contributed by atoms with E-state index < -0.39 is 17.6 Å². The predicted molar refractivity (Wildman–Crippen MR) is 159 cm³/mol. The zero-order chi connectivity index (χ0) is 30.6. The minimum absolute atomic E-state index is 0.0865. The number of hydrogen-bond donors (Lipinski definition) is 1. The van der Waals surface area contributed by atoms with Crippen molar-refractivity contribution in [3.05, 3.63) is 65.1 Å². The van der Waals surface area contributed by atoms with Gasteiger partial charge >= 0.3 is 6.18 Å². The van der Waals surface area contributed by atoms with E-state index in [0.29, 0.717) is 62.2 Å². The smallest absolute Gasteiger partial charge is 0.416 e. The third-order valence-electron chi connectivity index (χ3n) is 7.71. The highest BCUT2D eigenvalue weighted by Crippen LogP contribution is 2.34. The van der Waals surface area contributed by atoms with E-state index in [0.717, 1.165) is 49.6 Å². The average molecular weight is 599 g/mol. The van der Waals surface area contributed by atoms with E-state index in [1.165, 1.54) is 6.20 Å². The van der Waals surface area contributed by atoms with Crippen LogP contribution in [0.1, 0.15) is 34.1 Å². The highest BCUT2D eigenvalue weighted by molar-refractivity contribution is 6.05. The average Bonchev–Trinajstić information content (AvgIpc) is 2.99. The van der Waals surface area contributed by atoms with E-state index in [1.807, 2.05) is 27.0 Å². The van der Waals surface area contributed by atoms with Crippen LogP contribution in [0, 0.1) is 6.92 Å². The molecular weight excluding hydrogens is 561 g/mol. The van der Waals surface area contributed by atoms with Gasteiger partial charge in [-0.05, 0) is 56.8 Å². The number of alkyl halides is 3. The van der Waals surface area contributed by atoms with Crippen molar-refractivity contribution < 1.29 is 27.4 Å². The Hall–Kier alpha value is -3.74. The molecule has 1 N–H and O–H groups in total. The maximum absolute atomic E-state index is 13.8. The number of nitrogens with zero attached hydrogens (tertiary/aromatic N) is 5. The summed E-state index contributed by atoms with van der Waals surface area (Å²) in [6, 6.07) is 7.39. The van der Waals surface area contributed by atoms with Gasteiger partial charge in [-0.3, -0.25) is 14.7 Å². The Morgan fingerprint density at radius 1 is 1.00 bits per heavy atom. The minimum atomic E-state index is -4.55. The summed E-state index contributed by atoms with van der Waals surface area (Å²) in [6.45, 7) is 10.4. The predicted octanol–water partition coefficient (Wildman–Crippen LogP) is 4.71. The van der Waals surface area contributed by atoms with Gasteiger partial charge in [-0.1, -0.05) is 0 Å². The third-order valence-corrected chi connectivity index (χ3v) is 7.71. The van der Waals surface area contributed by atoms with E-state index >= 15 is 0 Å². The van der Waals surface area contributed by atoms with E-state index in [4.69, 9.17) is 9.47 Å². The van der Waals surface area contributed by atoms with Crippen LogP contribution in [0.25, 0.3) is 11.1 Å². The van der Waals surface area contributed by atoms with Crippen molar-refractivity contribution in [1.29, 1.82) is 0 Å². The number of hydrogen-bond acceptors (Lipinski definition) is 8. The molecule has 0 saturated carbocycles. The number of rotatable bonds is 8. The molecule has 1 amide bonds. The van der Waals surface area contributed by atoms with Crippen LogP contribution in [0.5, 0.6) is 5.88 Å². The number of aryl methyl sites for hydroxylation is 1. The zero-order valence-corrected chi connectivity index (χ0v) is 24.7. The lowest BCUT2D eigenvalue weighted by atomic mass is 10.0. The van der Waals surface area contributed by atoms with Crippen LogP contribution < -0.4 is 15.0 Å². The summed E-state index contributed by atoms with van der Waals surface area (Å²) in [4.78, 5) is 28.8.